The summed E-state index contributed by atoms with van der Waals surface area (Å²) in [4.78, 5) is 21.4. The van der Waals surface area contributed by atoms with Gasteiger partial charge in [-0.2, -0.15) is 0 Å². The van der Waals surface area contributed by atoms with Crippen molar-refractivity contribution in [2.75, 3.05) is 149 Å². The molecule has 56 heavy (non-hydrogen) atoms. The van der Waals surface area contributed by atoms with Crippen molar-refractivity contribution in [3.63, 3.8) is 0 Å². The Morgan fingerprint density at radius 1 is 0.464 bits per heavy atom. The fraction of sp³-hybridized carbons (Fsp3) is 1.00. The minimum Gasteiger partial charge on any atom is -0.375 e. The summed E-state index contributed by atoms with van der Waals surface area (Å²) in [6, 6.07) is 1.59. The van der Waals surface area contributed by atoms with E-state index >= 15 is 0 Å². The lowest BCUT2D eigenvalue weighted by atomic mass is 9.97. The molecule has 0 saturated carbocycles. The maximum Gasteiger partial charge on any atom is 0.0600 e. The molecule has 340 valence electrons. The van der Waals surface area contributed by atoms with Crippen molar-refractivity contribution in [3.05, 3.63) is 0 Å². The summed E-state index contributed by atoms with van der Waals surface area (Å²) in [5, 5.41) is 0. The maximum atomic E-state index is 5.50. The first kappa shape index (κ1) is 57.7. The standard InChI is InChI=1S/C11H24N2.2C9H20N2.C9H22N2.C8H19NO/c1-11(2,3)13-8-6-10(7-9-13)12(4)5;1-9(2,3)11-6-8(7-11)10(4)5;1-9(2,3)11-7-5-10(4)6-8-11;1-9(2,3)11(6)8-7-10(4)5;1-8(2,3)10-7-6-9(4)5/h10H,6-9H2,1-5H3;8H,6-7H2,1-5H3;5-8H2,1-4H3;7-8H2,1-6H3;6-7H2,1-5H3. The molecule has 0 amide bonds. The van der Waals surface area contributed by atoms with Gasteiger partial charge in [0.05, 0.1) is 12.2 Å². The number of rotatable bonds is 8. The number of likely N-dealkylation sites (N-methyl/N-ethyl adjacent to an activating group) is 5. The molecule has 3 heterocycles. The third kappa shape index (κ3) is 28.9. The minimum absolute atomic E-state index is 0.00993. The molecule has 0 aromatic heterocycles. The molecule has 10 nitrogen and oxygen atoms in total. The maximum absolute atomic E-state index is 5.50. The van der Waals surface area contributed by atoms with Crippen LogP contribution >= 0.6 is 0 Å². The van der Waals surface area contributed by atoms with Crippen molar-refractivity contribution >= 4 is 0 Å². The van der Waals surface area contributed by atoms with E-state index in [0.29, 0.717) is 22.2 Å². The van der Waals surface area contributed by atoms with E-state index in [2.05, 4.69) is 204 Å². The second kappa shape index (κ2) is 26.0. The van der Waals surface area contributed by atoms with Crippen LogP contribution in [0.1, 0.15) is 117 Å². The lowest BCUT2D eigenvalue weighted by Gasteiger charge is -2.49. The fourth-order valence-electron chi connectivity index (χ4n) is 6.08. The van der Waals surface area contributed by atoms with E-state index in [1.807, 2.05) is 14.1 Å². The van der Waals surface area contributed by atoms with E-state index in [1.54, 1.807) is 0 Å². The largest absolute Gasteiger partial charge is 0.375 e. The summed E-state index contributed by atoms with van der Waals surface area (Å²) in [6.45, 7) is 47.5. The summed E-state index contributed by atoms with van der Waals surface area (Å²) >= 11 is 0. The highest BCUT2D eigenvalue weighted by molar-refractivity contribution is 4.92. The summed E-state index contributed by atoms with van der Waals surface area (Å²) in [7, 11) is 21.4. The Morgan fingerprint density at radius 2 is 0.839 bits per heavy atom. The molecule has 0 aromatic carbocycles. The van der Waals surface area contributed by atoms with E-state index in [9.17, 15) is 0 Å². The number of piperidine rings is 1. The van der Waals surface area contributed by atoms with Crippen LogP contribution in [-0.2, 0) is 4.74 Å². The highest BCUT2D eigenvalue weighted by Crippen LogP contribution is 2.23. The highest BCUT2D eigenvalue weighted by Gasteiger charge is 2.35. The fourth-order valence-corrected chi connectivity index (χ4v) is 6.08. The van der Waals surface area contributed by atoms with Gasteiger partial charge in [0.2, 0.25) is 0 Å². The van der Waals surface area contributed by atoms with Gasteiger partial charge >= 0.3 is 0 Å². The van der Waals surface area contributed by atoms with Crippen LogP contribution in [0.25, 0.3) is 0 Å². The Balaban J connectivity index is 0. The second-order valence-electron chi connectivity index (χ2n) is 22.7. The molecule has 0 spiro atoms. The predicted octanol–water partition coefficient (Wildman–Crippen LogP) is 6.52. The van der Waals surface area contributed by atoms with Crippen LogP contribution in [0.3, 0.4) is 0 Å². The SMILES string of the molecule is CN(C)C1CCN(C(C)(C)C)CC1.CN(C)C1CN(C(C)(C)C)C1.CN(C)CCN(C)C(C)(C)C.CN(C)CCOC(C)(C)C.CN1CCN(C(C)(C)C)CC1. The van der Waals surface area contributed by atoms with Crippen LogP contribution in [0.2, 0.25) is 0 Å². The van der Waals surface area contributed by atoms with Gasteiger partial charge in [0, 0.05) is 106 Å². The van der Waals surface area contributed by atoms with Gasteiger partial charge in [-0.1, -0.05) is 0 Å². The topological polar surface area (TPSA) is 38.4 Å². The first-order valence-electron chi connectivity index (χ1n) is 22.0. The molecule has 0 N–H and O–H groups in total. The quantitative estimate of drug-likeness (QED) is 0.272. The normalized spacial score (nSPS) is 19.2. The molecule has 3 rings (SSSR count). The van der Waals surface area contributed by atoms with Crippen LogP contribution in [0.15, 0.2) is 0 Å². The van der Waals surface area contributed by atoms with Crippen molar-refractivity contribution in [2.45, 2.75) is 157 Å². The van der Waals surface area contributed by atoms with Crippen LogP contribution in [-0.4, -0.2) is 233 Å². The third-order valence-corrected chi connectivity index (χ3v) is 11.2. The Kier molecular flexibility index (Phi) is 26.8. The average molecular weight is 800 g/mol. The van der Waals surface area contributed by atoms with E-state index in [1.165, 1.54) is 65.2 Å². The van der Waals surface area contributed by atoms with Gasteiger partial charge in [-0.25, -0.2) is 0 Å². The Labute approximate surface area is 353 Å². The number of hydrogen-bond donors (Lipinski definition) is 0. The van der Waals surface area contributed by atoms with Crippen LogP contribution in [0.5, 0.6) is 0 Å². The second-order valence-corrected chi connectivity index (χ2v) is 22.7. The van der Waals surface area contributed by atoms with Gasteiger partial charge in [-0.15, -0.1) is 0 Å². The first-order chi connectivity index (χ1) is 25.1. The molecular weight excluding hydrogens is 695 g/mol. The number of likely N-dealkylation sites (tertiary alicyclic amines) is 2. The molecule has 0 radical (unpaired) electrons. The van der Waals surface area contributed by atoms with Gasteiger partial charge in [0.1, 0.15) is 0 Å². The molecule has 0 aromatic rings. The van der Waals surface area contributed by atoms with Crippen LogP contribution in [0.4, 0.5) is 0 Å². The van der Waals surface area contributed by atoms with E-state index < -0.39 is 0 Å². The Bertz CT molecular complexity index is 931. The molecular formula is C46H105N9O. The van der Waals surface area contributed by atoms with Crippen LogP contribution < -0.4 is 0 Å². The van der Waals surface area contributed by atoms with Gasteiger partial charge in [-0.05, 0) is 187 Å². The number of ether oxygens (including phenoxy) is 1. The van der Waals surface area contributed by atoms with Gasteiger partial charge in [-0.3, -0.25) is 14.7 Å². The van der Waals surface area contributed by atoms with E-state index in [4.69, 9.17) is 4.74 Å². The van der Waals surface area contributed by atoms with Crippen molar-refractivity contribution in [2.24, 2.45) is 0 Å². The minimum atomic E-state index is 0.00993. The van der Waals surface area contributed by atoms with Gasteiger partial charge < -0.3 is 34.1 Å². The van der Waals surface area contributed by atoms with Crippen molar-refractivity contribution in [3.8, 4) is 0 Å². The van der Waals surface area contributed by atoms with E-state index in [0.717, 1.165) is 38.3 Å². The van der Waals surface area contributed by atoms with Crippen molar-refractivity contribution in [1.82, 2.24) is 44.1 Å². The first-order valence-corrected chi connectivity index (χ1v) is 22.0. The smallest absolute Gasteiger partial charge is 0.0600 e. The molecule has 0 bridgehead atoms. The lowest BCUT2D eigenvalue weighted by Crippen LogP contribution is -2.63. The van der Waals surface area contributed by atoms with E-state index in [-0.39, 0.29) is 5.60 Å². The average Bonchev–Trinajstić information content (AvgIpc) is 2.97. The molecule has 3 aliphatic heterocycles. The van der Waals surface area contributed by atoms with Crippen LogP contribution in [0, 0.1) is 0 Å². The van der Waals surface area contributed by atoms with Crippen molar-refractivity contribution < 1.29 is 4.74 Å². The highest BCUT2D eigenvalue weighted by atomic mass is 16.5. The lowest BCUT2D eigenvalue weighted by molar-refractivity contribution is -0.00871. The molecule has 10 heteroatoms. The zero-order valence-electron chi connectivity index (χ0n) is 43.0. The van der Waals surface area contributed by atoms with Crippen molar-refractivity contribution in [1.29, 1.82) is 0 Å². The zero-order chi connectivity index (χ0) is 44.5. The molecule has 3 aliphatic rings. The summed E-state index contributed by atoms with van der Waals surface area (Å²) < 4.78 is 5.50. The molecule has 0 atom stereocenters. The number of nitrogens with zero attached hydrogens (tertiary/aromatic N) is 9. The van der Waals surface area contributed by atoms with Gasteiger partial charge in [0.25, 0.3) is 0 Å². The van der Waals surface area contributed by atoms with Gasteiger partial charge in [0.15, 0.2) is 0 Å². The number of hydrogen-bond acceptors (Lipinski definition) is 10. The zero-order valence-corrected chi connectivity index (χ0v) is 43.0. The molecule has 0 unspecified atom stereocenters. The third-order valence-electron chi connectivity index (χ3n) is 11.2. The Hall–Kier alpha value is -0.400. The Morgan fingerprint density at radius 3 is 1.14 bits per heavy atom. The molecule has 3 fully saturated rings. The summed E-state index contributed by atoms with van der Waals surface area (Å²) in [5.41, 5.74) is 1.40. The molecule has 3 saturated heterocycles. The predicted molar refractivity (Wildman–Crippen MR) is 251 cm³/mol. The summed E-state index contributed by atoms with van der Waals surface area (Å²) in [5.74, 6) is 0. The monoisotopic (exact) mass is 800 g/mol. The number of piperazine rings is 1. The summed E-state index contributed by atoms with van der Waals surface area (Å²) in [6.07, 6.45) is 2.65. The molecule has 0 aliphatic carbocycles.